The van der Waals surface area contributed by atoms with E-state index in [4.69, 9.17) is 15.8 Å². The summed E-state index contributed by atoms with van der Waals surface area (Å²) in [4.78, 5) is 0. The number of hydrogen-bond acceptors (Lipinski definition) is 5. The molecule has 4 nitrogen and oxygen atoms in total. The molecule has 2 aromatic rings. The van der Waals surface area contributed by atoms with E-state index in [-0.39, 0.29) is 5.57 Å². The molecule has 1 N–H and O–H groups in total. The molecular formula is C19H14N4S. The van der Waals surface area contributed by atoms with Crippen molar-refractivity contribution in [2.75, 3.05) is 0 Å². The highest BCUT2D eigenvalue weighted by Gasteiger charge is 2.09. The van der Waals surface area contributed by atoms with E-state index in [1.165, 1.54) is 11.8 Å². The molecule has 0 saturated heterocycles. The smallest absolute Gasteiger partial charge is 0.159 e. The minimum atomic E-state index is 0.0466. The molecule has 0 saturated carbocycles. The van der Waals surface area contributed by atoms with Crippen LogP contribution in [-0.2, 0) is 12.3 Å². The van der Waals surface area contributed by atoms with E-state index in [0.717, 1.165) is 11.1 Å². The van der Waals surface area contributed by atoms with Crippen LogP contribution in [0.3, 0.4) is 0 Å². The zero-order chi connectivity index (χ0) is 17.2. The van der Waals surface area contributed by atoms with Crippen LogP contribution < -0.4 is 5.32 Å². The van der Waals surface area contributed by atoms with Crippen molar-refractivity contribution in [3.8, 4) is 18.2 Å². The van der Waals surface area contributed by atoms with Crippen molar-refractivity contribution in [1.82, 2.24) is 5.32 Å². The van der Waals surface area contributed by atoms with Crippen molar-refractivity contribution in [2.24, 2.45) is 0 Å². The van der Waals surface area contributed by atoms with Crippen LogP contribution in [-0.4, -0.2) is 0 Å². The van der Waals surface area contributed by atoms with Gasteiger partial charge in [0.25, 0.3) is 0 Å². The van der Waals surface area contributed by atoms with E-state index in [0.29, 0.717) is 22.9 Å². The van der Waals surface area contributed by atoms with Gasteiger partial charge in [0, 0.05) is 12.3 Å². The molecule has 0 fully saturated rings. The minimum absolute atomic E-state index is 0.0466. The van der Waals surface area contributed by atoms with Crippen molar-refractivity contribution in [2.45, 2.75) is 12.3 Å². The summed E-state index contributed by atoms with van der Waals surface area (Å²) in [6.45, 7) is 0.524. The minimum Gasteiger partial charge on any atom is -0.374 e. The highest BCUT2D eigenvalue weighted by Crippen LogP contribution is 2.24. The summed E-state index contributed by atoms with van der Waals surface area (Å²) in [5.41, 5.74) is 2.58. The van der Waals surface area contributed by atoms with Gasteiger partial charge in [0.05, 0.1) is 16.7 Å². The van der Waals surface area contributed by atoms with Crippen molar-refractivity contribution < 1.29 is 0 Å². The van der Waals surface area contributed by atoms with E-state index in [9.17, 15) is 0 Å². The highest BCUT2D eigenvalue weighted by molar-refractivity contribution is 8.02. The predicted molar refractivity (Wildman–Crippen MR) is 94.0 cm³/mol. The van der Waals surface area contributed by atoms with Gasteiger partial charge in [-0.3, -0.25) is 0 Å². The summed E-state index contributed by atoms with van der Waals surface area (Å²) in [5.74, 6) is 0.508. The molecule has 0 heterocycles. The average Bonchev–Trinajstić information content (AvgIpc) is 2.65. The van der Waals surface area contributed by atoms with Crippen molar-refractivity contribution >= 4 is 11.8 Å². The van der Waals surface area contributed by atoms with Crippen LogP contribution in [0.2, 0.25) is 0 Å². The lowest BCUT2D eigenvalue weighted by molar-refractivity contribution is 0.852. The summed E-state index contributed by atoms with van der Waals surface area (Å²) in [6, 6.07) is 23.1. The number of thioether (sulfide) groups is 1. The second kappa shape index (κ2) is 9.06. The number of nitrogens with zero attached hydrogens (tertiary/aromatic N) is 3. The van der Waals surface area contributed by atoms with Gasteiger partial charge in [0.1, 0.15) is 12.1 Å². The van der Waals surface area contributed by atoms with Crippen LogP contribution in [0, 0.1) is 34.0 Å². The molecule has 0 spiro atoms. The van der Waals surface area contributed by atoms with E-state index in [1.807, 2.05) is 60.7 Å². The molecule has 24 heavy (non-hydrogen) atoms. The molecule has 2 aromatic carbocycles. The van der Waals surface area contributed by atoms with E-state index < -0.39 is 0 Å². The first-order chi connectivity index (χ1) is 11.8. The quantitative estimate of drug-likeness (QED) is 0.814. The third-order valence-corrected chi connectivity index (χ3v) is 4.35. The van der Waals surface area contributed by atoms with E-state index in [2.05, 4.69) is 11.4 Å². The molecule has 0 amide bonds. The summed E-state index contributed by atoms with van der Waals surface area (Å²) in [6.07, 6.45) is 0. The fourth-order valence-corrected chi connectivity index (χ4v) is 2.98. The Morgan fingerprint density at radius 3 is 2.25 bits per heavy atom. The standard InChI is InChI=1S/C19H14N4S/c20-10-16-8-4-5-9-17(16)14-24-19(18(11-21)12-22)23-13-15-6-2-1-3-7-15/h1-9,23H,13-14H2. The second-order valence-corrected chi connectivity index (χ2v) is 5.81. The first-order valence-electron chi connectivity index (χ1n) is 7.21. The Kier molecular flexibility index (Phi) is 6.47. The molecule has 0 aliphatic heterocycles. The largest absolute Gasteiger partial charge is 0.374 e. The summed E-state index contributed by atoms with van der Waals surface area (Å²) >= 11 is 1.35. The SMILES string of the molecule is N#CC(C#N)=C(NCc1ccccc1)SCc1ccccc1C#N. The van der Waals surface area contributed by atoms with Gasteiger partial charge in [-0.15, -0.1) is 11.8 Å². The first-order valence-corrected chi connectivity index (χ1v) is 8.20. The monoisotopic (exact) mass is 330 g/mol. The van der Waals surface area contributed by atoms with Gasteiger partial charge < -0.3 is 5.32 Å². The summed E-state index contributed by atoms with van der Waals surface area (Å²) in [5, 5.41) is 31.1. The highest BCUT2D eigenvalue weighted by atomic mass is 32.2. The van der Waals surface area contributed by atoms with Crippen molar-refractivity contribution in [3.05, 3.63) is 81.9 Å². The molecule has 0 bridgehead atoms. The van der Waals surface area contributed by atoms with Gasteiger partial charge >= 0.3 is 0 Å². The lowest BCUT2D eigenvalue weighted by Crippen LogP contribution is -2.12. The maximum atomic E-state index is 9.16. The van der Waals surface area contributed by atoms with E-state index >= 15 is 0 Å². The number of nitriles is 3. The molecule has 0 radical (unpaired) electrons. The zero-order valence-electron chi connectivity index (χ0n) is 12.9. The maximum Gasteiger partial charge on any atom is 0.159 e. The van der Waals surface area contributed by atoms with Crippen LogP contribution in [0.25, 0.3) is 0 Å². The van der Waals surface area contributed by atoms with Crippen LogP contribution in [0.1, 0.15) is 16.7 Å². The van der Waals surface area contributed by atoms with Crippen LogP contribution in [0.5, 0.6) is 0 Å². The Bertz CT molecular complexity index is 835. The van der Waals surface area contributed by atoms with Crippen LogP contribution >= 0.6 is 11.8 Å². The Hall–Kier alpha value is -3.20. The number of rotatable bonds is 6. The third-order valence-electron chi connectivity index (χ3n) is 3.26. The Labute approximate surface area is 145 Å². The zero-order valence-corrected chi connectivity index (χ0v) is 13.7. The van der Waals surface area contributed by atoms with Crippen molar-refractivity contribution in [1.29, 1.82) is 15.8 Å². The van der Waals surface area contributed by atoms with Crippen molar-refractivity contribution in [3.63, 3.8) is 0 Å². The van der Waals surface area contributed by atoms with Crippen LogP contribution in [0.4, 0.5) is 0 Å². The summed E-state index contributed by atoms with van der Waals surface area (Å²) in [7, 11) is 0. The molecule has 5 heteroatoms. The molecule has 0 aromatic heterocycles. The van der Waals surface area contributed by atoms with Gasteiger partial charge in [-0.1, -0.05) is 48.5 Å². The fourth-order valence-electron chi connectivity index (χ4n) is 2.02. The molecule has 0 unspecified atom stereocenters. The third kappa shape index (κ3) is 4.65. The van der Waals surface area contributed by atoms with Gasteiger partial charge in [0.2, 0.25) is 0 Å². The lowest BCUT2D eigenvalue weighted by Gasteiger charge is -2.11. The number of nitrogens with one attached hydrogen (secondary N) is 1. The fraction of sp³-hybridized carbons (Fsp3) is 0.105. The lowest BCUT2D eigenvalue weighted by atomic mass is 10.1. The molecule has 116 valence electrons. The van der Waals surface area contributed by atoms with Gasteiger partial charge in [-0.2, -0.15) is 15.8 Å². The topological polar surface area (TPSA) is 83.4 Å². The Morgan fingerprint density at radius 2 is 1.58 bits per heavy atom. The molecule has 0 aliphatic carbocycles. The number of allylic oxidation sites excluding steroid dienone is 1. The predicted octanol–water partition coefficient (Wildman–Crippen LogP) is 3.84. The average molecular weight is 330 g/mol. The van der Waals surface area contributed by atoms with Gasteiger partial charge in [-0.25, -0.2) is 0 Å². The van der Waals surface area contributed by atoms with Gasteiger partial charge in [-0.05, 0) is 17.2 Å². The maximum absolute atomic E-state index is 9.16. The van der Waals surface area contributed by atoms with Crippen LogP contribution in [0.15, 0.2) is 65.2 Å². The van der Waals surface area contributed by atoms with E-state index in [1.54, 1.807) is 6.07 Å². The molecule has 0 atom stereocenters. The molecular weight excluding hydrogens is 316 g/mol. The number of benzene rings is 2. The molecule has 0 aliphatic rings. The number of hydrogen-bond donors (Lipinski definition) is 1. The molecule has 2 rings (SSSR count). The second-order valence-electron chi connectivity index (χ2n) is 4.82. The Balaban J connectivity index is 2.14. The van der Waals surface area contributed by atoms with Gasteiger partial charge in [0.15, 0.2) is 5.57 Å². The normalized spacial score (nSPS) is 9.21. The first kappa shape index (κ1) is 17.2. The summed E-state index contributed by atoms with van der Waals surface area (Å²) < 4.78 is 0. The Morgan fingerprint density at radius 1 is 0.917 bits per heavy atom.